The first-order chi connectivity index (χ1) is 12.0. The quantitative estimate of drug-likeness (QED) is 0.342. The minimum atomic E-state index is -6.04. The zero-order chi connectivity index (χ0) is 19.7. The van der Waals surface area contributed by atoms with Crippen molar-refractivity contribution in [1.29, 1.82) is 0 Å². The Bertz CT molecular complexity index is 953. The number of hydrogen-bond acceptors (Lipinski definition) is 5. The summed E-state index contributed by atoms with van der Waals surface area (Å²) in [4.78, 5) is 11.8. The van der Waals surface area contributed by atoms with E-state index in [1.165, 1.54) is 0 Å². The van der Waals surface area contributed by atoms with E-state index in [0.29, 0.717) is 6.07 Å². The summed E-state index contributed by atoms with van der Waals surface area (Å²) in [5.41, 5.74) is -6.63. The van der Waals surface area contributed by atoms with Crippen molar-refractivity contribution in [2.24, 2.45) is 0 Å². The van der Waals surface area contributed by atoms with Crippen LogP contribution in [0.25, 0.3) is 11.1 Å². The molecule has 2 rings (SSSR count). The smallest absolute Gasteiger partial charge is 0.465 e. The molecule has 0 saturated heterocycles. The Kier molecular flexibility index (Phi) is 5.21. The second-order valence-electron chi connectivity index (χ2n) is 4.81. The number of hydrogen-bond donors (Lipinski definition) is 0. The third-order valence-electron chi connectivity index (χ3n) is 3.11. The van der Waals surface area contributed by atoms with Gasteiger partial charge < -0.3 is 8.92 Å². The number of alkyl halides is 3. The number of halogens is 5. The number of ether oxygens (including phenoxy) is 1. The Labute approximate surface area is 144 Å². The van der Waals surface area contributed by atoms with Crippen LogP contribution in [-0.2, 0) is 14.9 Å². The van der Waals surface area contributed by atoms with Crippen molar-refractivity contribution >= 4 is 16.1 Å². The van der Waals surface area contributed by atoms with Gasteiger partial charge in [0.2, 0.25) is 0 Å². The molecule has 0 bridgehead atoms. The van der Waals surface area contributed by atoms with E-state index in [2.05, 4.69) is 8.92 Å². The SMILES string of the molecule is COC(=O)c1cc(-c2ccc(F)cc2F)ccc1OS(=O)(=O)C(F)(F)F. The van der Waals surface area contributed by atoms with Crippen LogP contribution in [0.1, 0.15) is 10.4 Å². The molecule has 0 aromatic heterocycles. The van der Waals surface area contributed by atoms with Gasteiger partial charge in [0.1, 0.15) is 17.2 Å². The van der Waals surface area contributed by atoms with Gasteiger partial charge in [-0.25, -0.2) is 13.6 Å². The molecule has 0 heterocycles. The average Bonchev–Trinajstić information content (AvgIpc) is 2.53. The van der Waals surface area contributed by atoms with Crippen LogP contribution in [0, 0.1) is 11.6 Å². The minimum Gasteiger partial charge on any atom is -0.465 e. The number of carbonyl (C=O) groups is 1. The van der Waals surface area contributed by atoms with Gasteiger partial charge in [-0.3, -0.25) is 0 Å². The Morgan fingerprint density at radius 2 is 1.69 bits per heavy atom. The monoisotopic (exact) mass is 396 g/mol. The van der Waals surface area contributed by atoms with Gasteiger partial charge in [0.15, 0.2) is 5.75 Å². The lowest BCUT2D eigenvalue weighted by Crippen LogP contribution is -2.28. The third kappa shape index (κ3) is 3.93. The maximum atomic E-state index is 13.8. The van der Waals surface area contributed by atoms with Crippen molar-refractivity contribution in [2.45, 2.75) is 5.51 Å². The fraction of sp³-hybridized carbons (Fsp3) is 0.133. The fourth-order valence-corrected chi connectivity index (χ4v) is 2.40. The molecule has 26 heavy (non-hydrogen) atoms. The molecule has 0 spiro atoms. The normalized spacial score (nSPS) is 11.9. The average molecular weight is 396 g/mol. The predicted molar refractivity (Wildman–Crippen MR) is 78.7 cm³/mol. The van der Waals surface area contributed by atoms with Crippen molar-refractivity contribution < 1.29 is 44.1 Å². The molecule has 0 unspecified atom stereocenters. The van der Waals surface area contributed by atoms with Crippen LogP contribution in [0.3, 0.4) is 0 Å². The van der Waals surface area contributed by atoms with Gasteiger partial charge in [-0.05, 0) is 29.8 Å². The molecular weight excluding hydrogens is 387 g/mol. The van der Waals surface area contributed by atoms with Crippen molar-refractivity contribution in [3.8, 4) is 16.9 Å². The molecule has 2 aromatic carbocycles. The summed E-state index contributed by atoms with van der Waals surface area (Å²) in [6.07, 6.45) is 0. The van der Waals surface area contributed by atoms with E-state index in [9.17, 15) is 35.2 Å². The second-order valence-corrected chi connectivity index (χ2v) is 6.35. The van der Waals surface area contributed by atoms with Crippen molar-refractivity contribution in [3.05, 3.63) is 53.6 Å². The van der Waals surface area contributed by atoms with Crippen molar-refractivity contribution in [1.82, 2.24) is 0 Å². The molecule has 0 aliphatic rings. The summed E-state index contributed by atoms with van der Waals surface area (Å²) < 4.78 is 94.8. The number of rotatable bonds is 4. The molecule has 0 radical (unpaired) electrons. The third-order valence-corrected chi connectivity index (χ3v) is 4.08. The Morgan fingerprint density at radius 3 is 2.23 bits per heavy atom. The lowest BCUT2D eigenvalue weighted by Gasteiger charge is -2.13. The number of esters is 1. The molecule has 0 atom stereocenters. The van der Waals surface area contributed by atoms with E-state index < -0.39 is 44.5 Å². The van der Waals surface area contributed by atoms with E-state index >= 15 is 0 Å². The maximum absolute atomic E-state index is 13.8. The molecule has 0 amide bonds. The summed E-state index contributed by atoms with van der Waals surface area (Å²) >= 11 is 0. The maximum Gasteiger partial charge on any atom is 0.534 e. The van der Waals surface area contributed by atoms with Gasteiger partial charge in [0.05, 0.1) is 7.11 Å². The van der Waals surface area contributed by atoms with Gasteiger partial charge in [-0.15, -0.1) is 0 Å². The van der Waals surface area contributed by atoms with Crippen LogP contribution in [0.4, 0.5) is 22.0 Å². The van der Waals surface area contributed by atoms with E-state index in [4.69, 9.17) is 0 Å². The van der Waals surface area contributed by atoms with E-state index in [1.54, 1.807) is 0 Å². The number of benzene rings is 2. The molecular formula is C15H9F5O5S. The zero-order valence-corrected chi connectivity index (χ0v) is 13.6. The highest BCUT2D eigenvalue weighted by atomic mass is 32.2. The second kappa shape index (κ2) is 6.90. The molecule has 140 valence electrons. The predicted octanol–water partition coefficient (Wildman–Crippen LogP) is 3.65. The Morgan fingerprint density at radius 1 is 1.04 bits per heavy atom. The summed E-state index contributed by atoms with van der Waals surface area (Å²) in [5, 5.41) is 0. The lowest BCUT2D eigenvalue weighted by atomic mass is 10.0. The van der Waals surface area contributed by atoms with Crippen LogP contribution in [0.15, 0.2) is 36.4 Å². The molecule has 0 N–H and O–H groups in total. The van der Waals surface area contributed by atoms with E-state index in [-0.39, 0.29) is 11.1 Å². The van der Waals surface area contributed by atoms with Crippen LogP contribution < -0.4 is 4.18 Å². The molecule has 0 fully saturated rings. The fourth-order valence-electron chi connectivity index (χ4n) is 1.93. The Balaban J connectivity index is 2.57. The topological polar surface area (TPSA) is 69.7 Å². The zero-order valence-electron chi connectivity index (χ0n) is 12.8. The molecule has 5 nitrogen and oxygen atoms in total. The summed E-state index contributed by atoms with van der Waals surface area (Å²) in [6.45, 7) is 0. The molecule has 2 aromatic rings. The summed E-state index contributed by atoms with van der Waals surface area (Å²) in [5.74, 6) is -4.05. The van der Waals surface area contributed by atoms with Crippen molar-refractivity contribution in [2.75, 3.05) is 7.11 Å². The molecule has 11 heteroatoms. The van der Waals surface area contributed by atoms with Crippen molar-refractivity contribution in [3.63, 3.8) is 0 Å². The highest BCUT2D eigenvalue weighted by Crippen LogP contribution is 2.33. The van der Waals surface area contributed by atoms with Gasteiger partial charge in [-0.2, -0.15) is 21.6 Å². The van der Waals surface area contributed by atoms with Gasteiger partial charge in [-0.1, -0.05) is 6.07 Å². The first kappa shape index (κ1) is 19.6. The molecule has 0 aliphatic heterocycles. The molecule has 0 saturated carbocycles. The van der Waals surface area contributed by atoms with Crippen LogP contribution in [-0.4, -0.2) is 27.0 Å². The first-order valence-electron chi connectivity index (χ1n) is 6.65. The highest BCUT2D eigenvalue weighted by Gasteiger charge is 2.49. The van der Waals surface area contributed by atoms with Gasteiger partial charge in [0, 0.05) is 11.6 Å². The summed E-state index contributed by atoms with van der Waals surface area (Å²) in [6, 6.07) is 5.12. The largest absolute Gasteiger partial charge is 0.534 e. The van der Waals surface area contributed by atoms with Crippen LogP contribution in [0.2, 0.25) is 0 Å². The standard InChI is InChI=1S/C15H9F5O5S/c1-24-14(21)11-6-8(10-4-3-9(16)7-12(10)17)2-5-13(11)25-26(22,23)15(18,19)20/h2-7H,1H3. The van der Waals surface area contributed by atoms with E-state index in [1.807, 2.05) is 0 Å². The summed E-state index contributed by atoms with van der Waals surface area (Å²) in [7, 11) is -5.14. The van der Waals surface area contributed by atoms with Crippen LogP contribution >= 0.6 is 0 Å². The highest BCUT2D eigenvalue weighted by molar-refractivity contribution is 7.88. The lowest BCUT2D eigenvalue weighted by molar-refractivity contribution is -0.0500. The van der Waals surface area contributed by atoms with Crippen LogP contribution in [0.5, 0.6) is 5.75 Å². The molecule has 0 aliphatic carbocycles. The van der Waals surface area contributed by atoms with E-state index in [0.717, 1.165) is 37.4 Å². The number of carbonyl (C=O) groups excluding carboxylic acids is 1. The van der Waals surface area contributed by atoms with Gasteiger partial charge >= 0.3 is 21.6 Å². The minimum absolute atomic E-state index is 0.0420. The number of methoxy groups -OCH3 is 1. The van der Waals surface area contributed by atoms with Gasteiger partial charge in [0.25, 0.3) is 0 Å². The first-order valence-corrected chi connectivity index (χ1v) is 8.05. The Hall–Kier alpha value is -2.69.